The number of carbonyl (C=O) groups is 1. The summed E-state index contributed by atoms with van der Waals surface area (Å²) in [4.78, 5) is 12.4. The van der Waals surface area contributed by atoms with E-state index in [1.165, 1.54) is 12.8 Å². The maximum absolute atomic E-state index is 12.4. The van der Waals surface area contributed by atoms with Crippen LogP contribution in [0, 0.1) is 5.92 Å². The first-order chi connectivity index (χ1) is 11.3. The fraction of sp³-hybridized carbons (Fsp3) is 0.444. The van der Waals surface area contributed by atoms with Gasteiger partial charge in [-0.1, -0.05) is 18.2 Å². The van der Waals surface area contributed by atoms with Crippen LogP contribution in [0.15, 0.2) is 30.5 Å². The smallest absolute Gasteiger partial charge is 0.255 e. The van der Waals surface area contributed by atoms with Crippen molar-refractivity contribution < 1.29 is 9.53 Å². The lowest BCUT2D eigenvalue weighted by atomic mass is 10.1. The van der Waals surface area contributed by atoms with Crippen molar-refractivity contribution in [2.45, 2.75) is 38.1 Å². The van der Waals surface area contributed by atoms with Gasteiger partial charge in [0.1, 0.15) is 5.75 Å². The van der Waals surface area contributed by atoms with Crippen LogP contribution in [0.3, 0.4) is 0 Å². The van der Waals surface area contributed by atoms with E-state index in [1.54, 1.807) is 6.20 Å². The maximum Gasteiger partial charge on any atom is 0.255 e. The zero-order valence-corrected chi connectivity index (χ0v) is 13.0. The van der Waals surface area contributed by atoms with Crippen LogP contribution < -0.4 is 10.1 Å². The molecule has 5 nitrogen and oxygen atoms in total. The average Bonchev–Trinajstić information content (AvgIpc) is 3.51. The Bertz CT molecular complexity index is 702. The lowest BCUT2D eigenvalue weighted by Crippen LogP contribution is -2.23. The molecular formula is C18H21N3O2. The average molecular weight is 311 g/mol. The molecule has 120 valence electrons. The van der Waals surface area contributed by atoms with Crippen LogP contribution in [0.5, 0.6) is 5.75 Å². The highest BCUT2D eigenvalue weighted by molar-refractivity contribution is 5.95. The molecule has 1 aromatic heterocycles. The summed E-state index contributed by atoms with van der Waals surface area (Å²) in [5, 5.41) is 9.97. The van der Waals surface area contributed by atoms with Gasteiger partial charge in [-0.2, -0.15) is 5.10 Å². The number of hydrogen-bond acceptors (Lipinski definition) is 3. The van der Waals surface area contributed by atoms with Crippen LogP contribution in [0.1, 0.15) is 53.2 Å². The summed E-state index contributed by atoms with van der Waals surface area (Å²) in [6, 6.07) is 7.91. The minimum atomic E-state index is -0.0716. The highest BCUT2D eigenvalue weighted by atomic mass is 16.5. The number of carbonyl (C=O) groups excluding carboxylic acids is 1. The van der Waals surface area contributed by atoms with E-state index >= 15 is 0 Å². The first-order valence-electron chi connectivity index (χ1n) is 8.33. The number of nitrogens with zero attached hydrogens (tertiary/aromatic N) is 1. The topological polar surface area (TPSA) is 67.0 Å². The van der Waals surface area contributed by atoms with Gasteiger partial charge in [-0.3, -0.25) is 9.89 Å². The highest BCUT2D eigenvalue weighted by Crippen LogP contribution is 2.40. The Balaban J connectivity index is 1.39. The van der Waals surface area contributed by atoms with Crippen molar-refractivity contribution in [1.82, 2.24) is 15.5 Å². The van der Waals surface area contributed by atoms with Gasteiger partial charge in [-0.15, -0.1) is 0 Å². The fourth-order valence-electron chi connectivity index (χ4n) is 2.71. The molecule has 4 rings (SSSR count). The fourth-order valence-corrected chi connectivity index (χ4v) is 2.71. The van der Waals surface area contributed by atoms with E-state index < -0.39 is 0 Å². The summed E-state index contributed by atoms with van der Waals surface area (Å²) in [6.07, 6.45) is 6.44. The number of H-pyrrole nitrogens is 1. The second-order valence-electron chi connectivity index (χ2n) is 6.52. The van der Waals surface area contributed by atoms with Crippen molar-refractivity contribution in [2.24, 2.45) is 5.92 Å². The molecule has 5 heteroatoms. The van der Waals surface area contributed by atoms with E-state index in [4.69, 9.17) is 4.74 Å². The predicted molar refractivity (Wildman–Crippen MR) is 86.4 cm³/mol. The molecule has 0 radical (unpaired) electrons. The molecule has 0 saturated heterocycles. The monoisotopic (exact) mass is 311 g/mol. The van der Waals surface area contributed by atoms with Crippen molar-refractivity contribution in [2.75, 3.05) is 6.61 Å². The molecule has 0 aliphatic heterocycles. The summed E-state index contributed by atoms with van der Waals surface area (Å²) in [5.41, 5.74) is 2.66. The summed E-state index contributed by atoms with van der Waals surface area (Å²) in [5.74, 6) is 1.99. The number of hydrogen-bond donors (Lipinski definition) is 2. The molecule has 2 saturated carbocycles. The lowest BCUT2D eigenvalue weighted by molar-refractivity contribution is 0.0949. The Kier molecular flexibility index (Phi) is 3.77. The van der Waals surface area contributed by atoms with Crippen molar-refractivity contribution in [3.05, 3.63) is 47.3 Å². The van der Waals surface area contributed by atoms with E-state index in [0.717, 1.165) is 36.5 Å². The Morgan fingerprint density at radius 3 is 2.87 bits per heavy atom. The molecular weight excluding hydrogens is 290 g/mol. The molecule has 0 spiro atoms. The van der Waals surface area contributed by atoms with Crippen LogP contribution in [0.2, 0.25) is 0 Å². The summed E-state index contributed by atoms with van der Waals surface area (Å²) >= 11 is 0. The van der Waals surface area contributed by atoms with E-state index in [9.17, 15) is 4.79 Å². The van der Waals surface area contributed by atoms with Gasteiger partial charge in [-0.05, 0) is 37.7 Å². The molecule has 2 fully saturated rings. The van der Waals surface area contributed by atoms with E-state index in [1.807, 2.05) is 24.3 Å². The van der Waals surface area contributed by atoms with Gasteiger partial charge in [0.25, 0.3) is 5.91 Å². The van der Waals surface area contributed by atoms with Gasteiger partial charge < -0.3 is 10.1 Å². The van der Waals surface area contributed by atoms with Gasteiger partial charge in [-0.25, -0.2) is 0 Å². The zero-order chi connectivity index (χ0) is 15.6. The molecule has 2 N–H and O–H groups in total. The number of rotatable bonds is 7. The van der Waals surface area contributed by atoms with Crippen molar-refractivity contribution >= 4 is 5.91 Å². The number of aromatic amines is 1. The zero-order valence-electron chi connectivity index (χ0n) is 13.0. The Labute approximate surface area is 135 Å². The van der Waals surface area contributed by atoms with E-state index in [-0.39, 0.29) is 5.91 Å². The third-order valence-electron chi connectivity index (χ3n) is 4.48. The molecule has 0 atom stereocenters. The molecule has 1 amide bonds. The second-order valence-corrected chi connectivity index (χ2v) is 6.52. The molecule has 0 bridgehead atoms. The number of aromatic nitrogens is 2. The van der Waals surface area contributed by atoms with Crippen LogP contribution in [-0.4, -0.2) is 22.7 Å². The summed E-state index contributed by atoms with van der Waals surface area (Å²) < 4.78 is 5.89. The number of ether oxygens (including phenoxy) is 1. The second kappa shape index (κ2) is 6.07. The third-order valence-corrected chi connectivity index (χ3v) is 4.48. The van der Waals surface area contributed by atoms with Crippen LogP contribution >= 0.6 is 0 Å². The molecule has 2 aliphatic carbocycles. The van der Waals surface area contributed by atoms with Gasteiger partial charge in [0.15, 0.2) is 0 Å². The van der Waals surface area contributed by atoms with Gasteiger partial charge in [0.2, 0.25) is 0 Å². The van der Waals surface area contributed by atoms with Gasteiger partial charge in [0, 0.05) is 18.0 Å². The van der Waals surface area contributed by atoms with Crippen LogP contribution in [-0.2, 0) is 6.54 Å². The first kappa shape index (κ1) is 14.3. The third kappa shape index (κ3) is 3.38. The standard InChI is InChI=1S/C18H21N3O2/c22-18(15-10-20-21-17(15)13-7-8-13)19-9-14-3-1-2-4-16(14)23-11-12-5-6-12/h1-4,10,12-13H,5-9,11H2,(H,19,22)(H,20,21). The molecule has 1 heterocycles. The van der Waals surface area contributed by atoms with Gasteiger partial charge in [0.05, 0.1) is 24.1 Å². The predicted octanol–water partition coefficient (Wildman–Crippen LogP) is 3.01. The highest BCUT2D eigenvalue weighted by Gasteiger charge is 2.29. The lowest BCUT2D eigenvalue weighted by Gasteiger charge is -2.12. The van der Waals surface area contributed by atoms with Crippen LogP contribution in [0.4, 0.5) is 0 Å². The first-order valence-corrected chi connectivity index (χ1v) is 8.33. The Morgan fingerprint density at radius 1 is 1.26 bits per heavy atom. The van der Waals surface area contributed by atoms with E-state index in [0.29, 0.717) is 23.9 Å². The molecule has 1 aromatic carbocycles. The SMILES string of the molecule is O=C(NCc1ccccc1OCC1CC1)c1cn[nH]c1C1CC1. The summed E-state index contributed by atoms with van der Waals surface area (Å²) in [7, 11) is 0. The van der Waals surface area contributed by atoms with Gasteiger partial charge >= 0.3 is 0 Å². The summed E-state index contributed by atoms with van der Waals surface area (Å²) in [6.45, 7) is 1.24. The number of para-hydroxylation sites is 1. The number of benzene rings is 1. The van der Waals surface area contributed by atoms with Crippen molar-refractivity contribution in [3.8, 4) is 5.75 Å². The molecule has 23 heavy (non-hydrogen) atoms. The normalized spacial score (nSPS) is 17.0. The minimum absolute atomic E-state index is 0.0716. The van der Waals surface area contributed by atoms with Crippen LogP contribution in [0.25, 0.3) is 0 Å². The van der Waals surface area contributed by atoms with E-state index in [2.05, 4.69) is 15.5 Å². The van der Waals surface area contributed by atoms with Crippen molar-refractivity contribution in [1.29, 1.82) is 0 Å². The molecule has 2 aromatic rings. The van der Waals surface area contributed by atoms with Crippen molar-refractivity contribution in [3.63, 3.8) is 0 Å². The minimum Gasteiger partial charge on any atom is -0.493 e. The maximum atomic E-state index is 12.4. The largest absolute Gasteiger partial charge is 0.493 e. The molecule has 2 aliphatic rings. The number of nitrogens with one attached hydrogen (secondary N) is 2. The number of amides is 1. The molecule has 0 unspecified atom stereocenters. The Hall–Kier alpha value is -2.30. The Morgan fingerprint density at radius 2 is 2.09 bits per heavy atom. The quantitative estimate of drug-likeness (QED) is 0.826.